The summed E-state index contributed by atoms with van der Waals surface area (Å²) in [6.07, 6.45) is 2.10. The van der Waals surface area contributed by atoms with Crippen molar-refractivity contribution >= 4 is 5.91 Å². The monoisotopic (exact) mass is 199 g/mol. The summed E-state index contributed by atoms with van der Waals surface area (Å²) >= 11 is 0. The molecule has 0 saturated carbocycles. The lowest BCUT2D eigenvalue weighted by atomic mass is 10.0. The molecule has 0 aromatic carbocycles. The molecule has 0 radical (unpaired) electrons. The molecule has 0 aliphatic carbocycles. The number of nitrogens with zero attached hydrogens (tertiary/aromatic N) is 1. The molecule has 1 amide bonds. The van der Waals surface area contributed by atoms with Gasteiger partial charge < -0.3 is 16.0 Å². The van der Waals surface area contributed by atoms with Crippen LogP contribution in [0.4, 0.5) is 0 Å². The molecule has 0 bridgehead atoms. The Morgan fingerprint density at radius 3 is 2.57 bits per heavy atom. The van der Waals surface area contributed by atoms with E-state index < -0.39 is 0 Å². The Bertz CT molecular complexity index is 186. The number of piperidine rings is 1. The van der Waals surface area contributed by atoms with E-state index in [1.54, 1.807) is 6.92 Å². The molecule has 1 rings (SSSR count). The van der Waals surface area contributed by atoms with Crippen molar-refractivity contribution in [2.24, 2.45) is 5.73 Å². The van der Waals surface area contributed by atoms with Crippen LogP contribution in [0.25, 0.3) is 0 Å². The van der Waals surface area contributed by atoms with Gasteiger partial charge in [0.15, 0.2) is 0 Å². The Labute approximate surface area is 85.8 Å². The fraction of sp³-hybridized carbons (Fsp3) is 0.900. The number of hydrogen-bond acceptors (Lipinski definition) is 3. The van der Waals surface area contributed by atoms with Crippen molar-refractivity contribution in [2.75, 3.05) is 19.6 Å². The first-order chi connectivity index (χ1) is 6.63. The van der Waals surface area contributed by atoms with Crippen LogP contribution in [-0.2, 0) is 4.79 Å². The zero-order valence-electron chi connectivity index (χ0n) is 9.12. The number of hydrogen-bond donors (Lipinski definition) is 2. The average Bonchev–Trinajstić information content (AvgIpc) is 2.19. The van der Waals surface area contributed by atoms with Gasteiger partial charge >= 0.3 is 0 Å². The van der Waals surface area contributed by atoms with Crippen molar-refractivity contribution < 1.29 is 4.79 Å². The van der Waals surface area contributed by atoms with E-state index in [9.17, 15) is 4.79 Å². The van der Waals surface area contributed by atoms with Crippen LogP contribution in [0.2, 0.25) is 0 Å². The average molecular weight is 199 g/mol. The minimum absolute atomic E-state index is 0.0278. The highest BCUT2D eigenvalue weighted by Crippen LogP contribution is 2.09. The predicted octanol–water partition coefficient (Wildman–Crippen LogP) is -0.0659. The van der Waals surface area contributed by atoms with E-state index in [1.807, 2.05) is 0 Å². The van der Waals surface area contributed by atoms with Crippen LogP contribution in [0, 0.1) is 0 Å². The van der Waals surface area contributed by atoms with Crippen molar-refractivity contribution in [2.45, 2.75) is 38.8 Å². The highest BCUT2D eigenvalue weighted by molar-refractivity contribution is 5.81. The lowest BCUT2D eigenvalue weighted by molar-refractivity contribution is -0.123. The highest BCUT2D eigenvalue weighted by Gasteiger charge is 2.20. The van der Waals surface area contributed by atoms with E-state index in [2.05, 4.69) is 17.1 Å². The zero-order valence-corrected chi connectivity index (χ0v) is 9.12. The minimum Gasteiger partial charge on any atom is -0.352 e. The van der Waals surface area contributed by atoms with Gasteiger partial charge in [0.2, 0.25) is 5.91 Å². The molecule has 1 aliphatic rings. The van der Waals surface area contributed by atoms with Crippen molar-refractivity contribution in [3.05, 3.63) is 0 Å². The molecule has 14 heavy (non-hydrogen) atoms. The second kappa shape index (κ2) is 5.32. The molecule has 1 heterocycles. The predicted molar refractivity (Wildman–Crippen MR) is 56.9 cm³/mol. The van der Waals surface area contributed by atoms with E-state index in [0.717, 1.165) is 32.5 Å². The van der Waals surface area contributed by atoms with E-state index in [0.29, 0.717) is 6.04 Å². The second-order valence-corrected chi connectivity index (χ2v) is 4.01. The molecule has 1 aliphatic heterocycles. The number of likely N-dealkylation sites (tertiary alicyclic amines) is 1. The number of rotatable bonds is 3. The van der Waals surface area contributed by atoms with Gasteiger partial charge in [0.1, 0.15) is 0 Å². The number of nitrogens with one attached hydrogen (secondary N) is 1. The summed E-state index contributed by atoms with van der Waals surface area (Å²) in [5, 5.41) is 2.97. The SMILES string of the molecule is CCN1CCC(NC(=O)C(C)N)CC1. The molecule has 1 fully saturated rings. The third-order valence-corrected chi connectivity index (χ3v) is 2.79. The Morgan fingerprint density at radius 2 is 2.14 bits per heavy atom. The smallest absolute Gasteiger partial charge is 0.236 e. The van der Waals surface area contributed by atoms with Crippen LogP contribution >= 0.6 is 0 Å². The molecule has 1 unspecified atom stereocenters. The summed E-state index contributed by atoms with van der Waals surface area (Å²) in [4.78, 5) is 13.7. The van der Waals surface area contributed by atoms with Crippen molar-refractivity contribution in [1.82, 2.24) is 10.2 Å². The van der Waals surface area contributed by atoms with Crippen LogP contribution in [0.5, 0.6) is 0 Å². The molecule has 0 aromatic rings. The fourth-order valence-electron chi connectivity index (χ4n) is 1.73. The van der Waals surface area contributed by atoms with Gasteiger partial charge in [-0.1, -0.05) is 6.92 Å². The summed E-state index contributed by atoms with van der Waals surface area (Å²) in [5.74, 6) is -0.0278. The van der Waals surface area contributed by atoms with Gasteiger partial charge in [-0.05, 0) is 26.3 Å². The Morgan fingerprint density at radius 1 is 1.57 bits per heavy atom. The van der Waals surface area contributed by atoms with Gasteiger partial charge in [-0.15, -0.1) is 0 Å². The van der Waals surface area contributed by atoms with Crippen molar-refractivity contribution in [1.29, 1.82) is 0 Å². The Balaban J connectivity index is 2.25. The molecule has 82 valence electrons. The maximum absolute atomic E-state index is 11.3. The standard InChI is InChI=1S/C10H21N3O/c1-3-13-6-4-9(5-7-13)12-10(14)8(2)11/h8-9H,3-7,11H2,1-2H3,(H,12,14). The van der Waals surface area contributed by atoms with Crippen LogP contribution in [0.3, 0.4) is 0 Å². The second-order valence-electron chi connectivity index (χ2n) is 4.01. The number of carbonyl (C=O) groups excluding carboxylic acids is 1. The van der Waals surface area contributed by atoms with Crippen molar-refractivity contribution in [3.63, 3.8) is 0 Å². The summed E-state index contributed by atoms with van der Waals surface area (Å²) in [5.41, 5.74) is 5.48. The first-order valence-corrected chi connectivity index (χ1v) is 5.41. The molecule has 0 aromatic heterocycles. The number of carbonyl (C=O) groups is 1. The maximum Gasteiger partial charge on any atom is 0.236 e. The molecule has 3 N–H and O–H groups in total. The largest absolute Gasteiger partial charge is 0.352 e. The zero-order chi connectivity index (χ0) is 10.6. The van der Waals surface area contributed by atoms with Gasteiger partial charge in [-0.2, -0.15) is 0 Å². The lowest BCUT2D eigenvalue weighted by Crippen LogP contribution is -2.48. The molecular formula is C10H21N3O. The molecule has 4 nitrogen and oxygen atoms in total. The highest BCUT2D eigenvalue weighted by atomic mass is 16.2. The quantitative estimate of drug-likeness (QED) is 0.669. The van der Waals surface area contributed by atoms with Crippen molar-refractivity contribution in [3.8, 4) is 0 Å². The van der Waals surface area contributed by atoms with E-state index in [-0.39, 0.29) is 11.9 Å². The first-order valence-electron chi connectivity index (χ1n) is 5.41. The van der Waals surface area contributed by atoms with Crippen LogP contribution in [-0.4, -0.2) is 42.5 Å². The third kappa shape index (κ3) is 3.27. The van der Waals surface area contributed by atoms with E-state index >= 15 is 0 Å². The summed E-state index contributed by atoms with van der Waals surface area (Å²) in [7, 11) is 0. The van der Waals surface area contributed by atoms with Crippen LogP contribution < -0.4 is 11.1 Å². The summed E-state index contributed by atoms with van der Waals surface area (Å²) in [6, 6.07) is -0.0597. The topological polar surface area (TPSA) is 58.4 Å². The molecule has 0 spiro atoms. The van der Waals surface area contributed by atoms with E-state index in [4.69, 9.17) is 5.73 Å². The van der Waals surface area contributed by atoms with Crippen LogP contribution in [0.15, 0.2) is 0 Å². The molecule has 1 saturated heterocycles. The van der Waals surface area contributed by atoms with Crippen LogP contribution in [0.1, 0.15) is 26.7 Å². The van der Waals surface area contributed by atoms with E-state index in [1.165, 1.54) is 0 Å². The molecule has 1 atom stereocenters. The maximum atomic E-state index is 11.3. The summed E-state index contributed by atoms with van der Waals surface area (Å²) < 4.78 is 0. The molecular weight excluding hydrogens is 178 g/mol. The minimum atomic E-state index is -0.390. The lowest BCUT2D eigenvalue weighted by Gasteiger charge is -2.31. The Kier molecular flexibility index (Phi) is 4.35. The van der Waals surface area contributed by atoms with Gasteiger partial charge in [0.05, 0.1) is 6.04 Å². The van der Waals surface area contributed by atoms with Gasteiger partial charge in [0.25, 0.3) is 0 Å². The number of nitrogens with two attached hydrogens (primary N) is 1. The molecule has 4 heteroatoms. The van der Waals surface area contributed by atoms with Gasteiger partial charge in [-0.25, -0.2) is 0 Å². The fourth-order valence-corrected chi connectivity index (χ4v) is 1.73. The summed E-state index contributed by atoms with van der Waals surface area (Å²) in [6.45, 7) is 7.16. The van der Waals surface area contributed by atoms with Gasteiger partial charge in [0, 0.05) is 19.1 Å². The Hall–Kier alpha value is -0.610. The third-order valence-electron chi connectivity index (χ3n) is 2.79. The van der Waals surface area contributed by atoms with Gasteiger partial charge in [-0.3, -0.25) is 4.79 Å². The first kappa shape index (κ1) is 11.5. The normalized spacial score (nSPS) is 21.9. The number of amides is 1.